The monoisotopic (exact) mass is 281 g/mol. The maximum absolute atomic E-state index is 5.25. The molecule has 0 saturated heterocycles. The van der Waals surface area contributed by atoms with Crippen molar-refractivity contribution >= 4 is 34.9 Å². The molecule has 1 aromatic heterocycles. The third kappa shape index (κ3) is 4.07. The Hall–Kier alpha value is -0.940. The van der Waals surface area contributed by atoms with Crippen molar-refractivity contribution in [3.8, 4) is 0 Å². The van der Waals surface area contributed by atoms with Crippen LogP contribution in [0.1, 0.15) is 37.5 Å². The summed E-state index contributed by atoms with van der Waals surface area (Å²) >= 11 is 6.91. The van der Waals surface area contributed by atoms with E-state index >= 15 is 0 Å². The van der Waals surface area contributed by atoms with Gasteiger partial charge in [-0.15, -0.1) is 11.3 Å². The van der Waals surface area contributed by atoms with E-state index in [-0.39, 0.29) is 0 Å². The van der Waals surface area contributed by atoms with Crippen molar-refractivity contribution in [3.05, 3.63) is 22.4 Å². The zero-order valence-electron chi connectivity index (χ0n) is 10.6. The number of thiophene rings is 1. The first kappa shape index (κ1) is 13.5. The van der Waals surface area contributed by atoms with Crippen LogP contribution in [0.2, 0.25) is 0 Å². The molecule has 0 unspecified atom stereocenters. The number of rotatable bonds is 3. The molecule has 0 bridgehead atoms. The molecule has 1 saturated carbocycles. The molecule has 1 heterocycles. The molecule has 5 heteroatoms. The number of hydrazone groups is 1. The van der Waals surface area contributed by atoms with Crippen molar-refractivity contribution in [2.45, 2.75) is 38.6 Å². The molecule has 98 valence electrons. The Kier molecular flexibility index (Phi) is 5.13. The van der Waals surface area contributed by atoms with E-state index in [4.69, 9.17) is 12.2 Å². The summed E-state index contributed by atoms with van der Waals surface area (Å²) in [7, 11) is 0. The maximum Gasteiger partial charge on any atom is 0.187 e. The SMILES string of the molecule is C[C@@H]1CCCC[C@@H]1NC(=S)N/N=C\c1cccs1. The average Bonchev–Trinajstić information content (AvgIpc) is 2.85. The lowest BCUT2D eigenvalue weighted by atomic mass is 9.86. The quantitative estimate of drug-likeness (QED) is 0.508. The molecule has 1 fully saturated rings. The van der Waals surface area contributed by atoms with Gasteiger partial charge in [-0.2, -0.15) is 5.10 Å². The normalized spacial score (nSPS) is 24.1. The lowest BCUT2D eigenvalue weighted by Crippen LogP contribution is -2.44. The van der Waals surface area contributed by atoms with Gasteiger partial charge in [-0.25, -0.2) is 0 Å². The summed E-state index contributed by atoms with van der Waals surface area (Å²) < 4.78 is 0. The Morgan fingerprint density at radius 2 is 2.33 bits per heavy atom. The summed E-state index contributed by atoms with van der Waals surface area (Å²) in [4.78, 5) is 1.12. The van der Waals surface area contributed by atoms with Crippen molar-refractivity contribution in [3.63, 3.8) is 0 Å². The Bertz CT molecular complexity index is 400. The molecule has 18 heavy (non-hydrogen) atoms. The Morgan fingerprint density at radius 1 is 1.50 bits per heavy atom. The minimum absolute atomic E-state index is 0.496. The van der Waals surface area contributed by atoms with Crippen LogP contribution in [0.25, 0.3) is 0 Å². The first-order valence-corrected chi connectivity index (χ1v) is 7.67. The Balaban J connectivity index is 1.74. The van der Waals surface area contributed by atoms with Crippen LogP contribution in [0.15, 0.2) is 22.6 Å². The number of thiocarbonyl (C=S) groups is 1. The fourth-order valence-electron chi connectivity index (χ4n) is 2.25. The minimum Gasteiger partial charge on any atom is -0.358 e. The van der Waals surface area contributed by atoms with Gasteiger partial charge in [0.2, 0.25) is 0 Å². The van der Waals surface area contributed by atoms with E-state index in [1.165, 1.54) is 25.7 Å². The smallest absolute Gasteiger partial charge is 0.187 e. The molecule has 1 aliphatic rings. The van der Waals surface area contributed by atoms with E-state index in [2.05, 4.69) is 22.8 Å². The van der Waals surface area contributed by atoms with E-state index in [0.717, 1.165) is 4.88 Å². The zero-order valence-corrected chi connectivity index (χ0v) is 12.2. The fourth-order valence-corrected chi connectivity index (χ4v) is 3.04. The Morgan fingerprint density at radius 3 is 3.06 bits per heavy atom. The van der Waals surface area contributed by atoms with Gasteiger partial charge in [0.1, 0.15) is 0 Å². The molecule has 0 aromatic carbocycles. The van der Waals surface area contributed by atoms with Crippen LogP contribution in [0.3, 0.4) is 0 Å². The highest BCUT2D eigenvalue weighted by Gasteiger charge is 2.21. The molecular formula is C13H19N3S2. The summed E-state index contributed by atoms with van der Waals surface area (Å²) in [5.41, 5.74) is 2.89. The second kappa shape index (κ2) is 6.85. The fraction of sp³-hybridized carbons (Fsp3) is 0.538. The highest BCUT2D eigenvalue weighted by atomic mass is 32.1. The largest absolute Gasteiger partial charge is 0.358 e. The molecule has 0 aliphatic heterocycles. The molecule has 1 aliphatic carbocycles. The van der Waals surface area contributed by atoms with E-state index in [1.54, 1.807) is 17.6 Å². The standard InChI is InChI=1S/C13H19N3S2/c1-10-5-2-3-7-12(10)15-13(17)16-14-9-11-6-4-8-18-11/h4,6,8-10,12H,2-3,5,7H2,1H3,(H2,15,16,17)/b14-9-/t10-,12+/m1/s1. The second-order valence-corrected chi connectivity index (χ2v) is 6.11. The van der Waals surface area contributed by atoms with Gasteiger partial charge in [-0.05, 0) is 42.4 Å². The van der Waals surface area contributed by atoms with Crippen LogP contribution < -0.4 is 10.7 Å². The summed E-state index contributed by atoms with van der Waals surface area (Å²) in [5, 5.41) is 10.2. The van der Waals surface area contributed by atoms with Crippen LogP contribution in [0, 0.1) is 5.92 Å². The van der Waals surface area contributed by atoms with E-state index in [0.29, 0.717) is 17.1 Å². The summed E-state index contributed by atoms with van der Waals surface area (Å²) in [5.74, 6) is 0.694. The van der Waals surface area contributed by atoms with Crippen molar-refractivity contribution in [2.75, 3.05) is 0 Å². The second-order valence-electron chi connectivity index (χ2n) is 4.73. The van der Waals surface area contributed by atoms with Gasteiger partial charge in [-0.3, -0.25) is 5.43 Å². The molecule has 0 amide bonds. The predicted molar refractivity (Wildman–Crippen MR) is 82.2 cm³/mol. The molecule has 3 nitrogen and oxygen atoms in total. The summed E-state index contributed by atoms with van der Waals surface area (Å²) in [6.45, 7) is 2.29. The van der Waals surface area contributed by atoms with Crippen LogP contribution in [-0.4, -0.2) is 17.4 Å². The topological polar surface area (TPSA) is 36.4 Å². The van der Waals surface area contributed by atoms with Gasteiger partial charge in [0, 0.05) is 10.9 Å². The molecule has 0 spiro atoms. The first-order valence-electron chi connectivity index (χ1n) is 6.39. The van der Waals surface area contributed by atoms with Gasteiger partial charge in [0.15, 0.2) is 5.11 Å². The van der Waals surface area contributed by atoms with Crippen LogP contribution >= 0.6 is 23.6 Å². The lowest BCUT2D eigenvalue weighted by molar-refractivity contribution is 0.308. The molecular weight excluding hydrogens is 262 g/mol. The van der Waals surface area contributed by atoms with Crippen molar-refractivity contribution in [1.82, 2.24) is 10.7 Å². The number of nitrogens with zero attached hydrogens (tertiary/aromatic N) is 1. The highest BCUT2D eigenvalue weighted by molar-refractivity contribution is 7.80. The van der Waals surface area contributed by atoms with Gasteiger partial charge in [-0.1, -0.05) is 25.8 Å². The van der Waals surface area contributed by atoms with Gasteiger partial charge in [0.25, 0.3) is 0 Å². The van der Waals surface area contributed by atoms with Crippen LogP contribution in [-0.2, 0) is 0 Å². The van der Waals surface area contributed by atoms with Crippen molar-refractivity contribution in [2.24, 2.45) is 11.0 Å². The van der Waals surface area contributed by atoms with Crippen LogP contribution in [0.5, 0.6) is 0 Å². The maximum atomic E-state index is 5.25. The zero-order chi connectivity index (χ0) is 12.8. The highest BCUT2D eigenvalue weighted by Crippen LogP contribution is 2.23. The summed E-state index contributed by atoms with van der Waals surface area (Å²) in [6.07, 6.45) is 6.93. The Labute approximate surface area is 118 Å². The lowest BCUT2D eigenvalue weighted by Gasteiger charge is -2.30. The van der Waals surface area contributed by atoms with Crippen molar-refractivity contribution in [1.29, 1.82) is 0 Å². The predicted octanol–water partition coefficient (Wildman–Crippen LogP) is 3.12. The molecule has 0 radical (unpaired) electrons. The molecule has 2 N–H and O–H groups in total. The van der Waals surface area contributed by atoms with E-state index in [1.807, 2.05) is 17.5 Å². The third-order valence-corrected chi connectivity index (χ3v) is 4.35. The third-order valence-electron chi connectivity index (χ3n) is 3.33. The van der Waals surface area contributed by atoms with E-state index in [9.17, 15) is 0 Å². The van der Waals surface area contributed by atoms with Crippen molar-refractivity contribution < 1.29 is 0 Å². The van der Waals surface area contributed by atoms with Gasteiger partial charge < -0.3 is 5.32 Å². The minimum atomic E-state index is 0.496. The number of nitrogens with one attached hydrogen (secondary N) is 2. The molecule has 1 aromatic rings. The summed E-state index contributed by atoms with van der Waals surface area (Å²) in [6, 6.07) is 4.53. The van der Waals surface area contributed by atoms with Gasteiger partial charge in [0.05, 0.1) is 6.21 Å². The molecule has 2 atom stereocenters. The average molecular weight is 281 g/mol. The first-order chi connectivity index (χ1) is 8.75. The van der Waals surface area contributed by atoms with Crippen LogP contribution in [0.4, 0.5) is 0 Å². The number of hydrogen-bond donors (Lipinski definition) is 2. The molecule has 2 rings (SSSR count). The van der Waals surface area contributed by atoms with Gasteiger partial charge >= 0.3 is 0 Å². The van der Waals surface area contributed by atoms with E-state index < -0.39 is 0 Å². The number of hydrogen-bond acceptors (Lipinski definition) is 3.